The number of hydrogen-bond acceptors (Lipinski definition) is 3. The molecule has 0 aliphatic heterocycles. The van der Waals surface area contributed by atoms with Gasteiger partial charge < -0.3 is 0 Å². The number of nitrogens with zero attached hydrogens (tertiary/aromatic N) is 4. The normalized spacial score (nSPS) is 11.2. The lowest BCUT2D eigenvalue weighted by Gasteiger charge is -2.08. The zero-order chi connectivity index (χ0) is 14.1. The molecule has 4 nitrogen and oxygen atoms in total. The summed E-state index contributed by atoms with van der Waals surface area (Å²) in [4.78, 5) is 9.38. The number of benzene rings is 1. The van der Waals surface area contributed by atoms with Crippen molar-refractivity contribution >= 4 is 10.9 Å². The van der Waals surface area contributed by atoms with Crippen molar-refractivity contribution in [2.45, 2.75) is 33.6 Å². The Balaban J connectivity index is 2.24. The van der Waals surface area contributed by atoms with Crippen LogP contribution in [0.4, 0.5) is 0 Å². The van der Waals surface area contributed by atoms with Gasteiger partial charge in [-0.2, -0.15) is 5.10 Å². The van der Waals surface area contributed by atoms with Crippen LogP contribution in [-0.2, 0) is 6.42 Å². The van der Waals surface area contributed by atoms with E-state index >= 15 is 0 Å². The average Bonchev–Trinajstić information content (AvgIpc) is 2.78. The summed E-state index contributed by atoms with van der Waals surface area (Å²) in [5.74, 6) is 0.665. The molecule has 0 spiro atoms. The fourth-order valence-corrected chi connectivity index (χ4v) is 2.48. The van der Waals surface area contributed by atoms with Crippen LogP contribution in [-0.4, -0.2) is 19.7 Å². The lowest BCUT2D eigenvalue weighted by atomic mass is 10.1. The Morgan fingerprint density at radius 1 is 1.10 bits per heavy atom. The standard InChI is InChI=1S/C16H18N4/c1-4-7-14-13-8-5-6-9-15(13)18-16(17-14)20-12(3)10-11(2)19-20/h5-6,8-10H,4,7H2,1-3H3. The van der Waals surface area contributed by atoms with E-state index < -0.39 is 0 Å². The van der Waals surface area contributed by atoms with Crippen LogP contribution < -0.4 is 0 Å². The maximum absolute atomic E-state index is 4.72. The second-order valence-electron chi connectivity index (χ2n) is 5.08. The molecular formula is C16H18N4. The van der Waals surface area contributed by atoms with Gasteiger partial charge in [0.05, 0.1) is 16.9 Å². The Labute approximate surface area is 118 Å². The summed E-state index contributed by atoms with van der Waals surface area (Å²) >= 11 is 0. The van der Waals surface area contributed by atoms with Crippen molar-refractivity contribution in [1.82, 2.24) is 19.7 Å². The first-order chi connectivity index (χ1) is 9.69. The third kappa shape index (κ3) is 2.18. The number of hydrogen-bond donors (Lipinski definition) is 0. The summed E-state index contributed by atoms with van der Waals surface area (Å²) < 4.78 is 1.82. The van der Waals surface area contributed by atoms with E-state index in [0.29, 0.717) is 5.95 Å². The number of fused-ring (bicyclic) bond motifs is 1. The number of para-hydroxylation sites is 1. The minimum absolute atomic E-state index is 0.665. The zero-order valence-corrected chi connectivity index (χ0v) is 12.1. The van der Waals surface area contributed by atoms with Crippen LogP contribution in [0.3, 0.4) is 0 Å². The molecular weight excluding hydrogens is 248 g/mol. The van der Waals surface area contributed by atoms with Gasteiger partial charge in [-0.05, 0) is 32.4 Å². The number of aryl methyl sites for hydroxylation is 3. The molecule has 0 unspecified atom stereocenters. The van der Waals surface area contributed by atoms with Gasteiger partial charge in [0, 0.05) is 11.1 Å². The van der Waals surface area contributed by atoms with Gasteiger partial charge in [0.1, 0.15) is 0 Å². The lowest BCUT2D eigenvalue weighted by Crippen LogP contribution is -2.07. The number of rotatable bonds is 3. The quantitative estimate of drug-likeness (QED) is 0.730. The maximum atomic E-state index is 4.72. The summed E-state index contributed by atoms with van der Waals surface area (Å²) in [5, 5.41) is 5.62. The topological polar surface area (TPSA) is 43.6 Å². The molecule has 0 aliphatic rings. The molecule has 0 bridgehead atoms. The van der Waals surface area contributed by atoms with Crippen molar-refractivity contribution in [3.8, 4) is 5.95 Å². The maximum Gasteiger partial charge on any atom is 0.251 e. The molecule has 0 atom stereocenters. The first kappa shape index (κ1) is 12.8. The van der Waals surface area contributed by atoms with E-state index in [4.69, 9.17) is 4.98 Å². The van der Waals surface area contributed by atoms with Crippen LogP contribution >= 0.6 is 0 Å². The van der Waals surface area contributed by atoms with E-state index in [1.165, 1.54) is 0 Å². The zero-order valence-electron chi connectivity index (χ0n) is 12.1. The van der Waals surface area contributed by atoms with Crippen molar-refractivity contribution in [3.63, 3.8) is 0 Å². The van der Waals surface area contributed by atoms with Crippen molar-refractivity contribution in [2.24, 2.45) is 0 Å². The van der Waals surface area contributed by atoms with Crippen LogP contribution in [0.2, 0.25) is 0 Å². The minimum Gasteiger partial charge on any atom is -0.215 e. The highest BCUT2D eigenvalue weighted by atomic mass is 15.4. The predicted octanol–water partition coefficient (Wildman–Crippen LogP) is 3.38. The molecule has 3 aromatic rings. The smallest absolute Gasteiger partial charge is 0.215 e. The van der Waals surface area contributed by atoms with Gasteiger partial charge in [-0.15, -0.1) is 0 Å². The Morgan fingerprint density at radius 2 is 1.90 bits per heavy atom. The van der Waals surface area contributed by atoms with E-state index in [-0.39, 0.29) is 0 Å². The van der Waals surface area contributed by atoms with Gasteiger partial charge in [0.15, 0.2) is 0 Å². The molecule has 20 heavy (non-hydrogen) atoms. The largest absolute Gasteiger partial charge is 0.251 e. The SMILES string of the molecule is CCCc1nc(-n2nc(C)cc2C)nc2ccccc12. The van der Waals surface area contributed by atoms with E-state index in [9.17, 15) is 0 Å². The van der Waals surface area contributed by atoms with Crippen LogP contribution in [0.25, 0.3) is 16.9 Å². The highest BCUT2D eigenvalue weighted by molar-refractivity contribution is 5.81. The summed E-state index contributed by atoms with van der Waals surface area (Å²) in [6, 6.07) is 10.2. The first-order valence-electron chi connectivity index (χ1n) is 6.98. The summed E-state index contributed by atoms with van der Waals surface area (Å²) in [5.41, 5.74) is 4.12. The van der Waals surface area contributed by atoms with Crippen LogP contribution in [0, 0.1) is 13.8 Å². The van der Waals surface area contributed by atoms with E-state index in [1.807, 2.05) is 42.8 Å². The van der Waals surface area contributed by atoms with Gasteiger partial charge in [0.2, 0.25) is 0 Å². The van der Waals surface area contributed by atoms with Crippen molar-refractivity contribution in [2.75, 3.05) is 0 Å². The predicted molar refractivity (Wildman–Crippen MR) is 80.1 cm³/mol. The second kappa shape index (κ2) is 5.04. The molecule has 2 heterocycles. The molecule has 102 valence electrons. The Bertz CT molecular complexity index is 758. The molecule has 0 saturated carbocycles. The first-order valence-corrected chi connectivity index (χ1v) is 6.98. The monoisotopic (exact) mass is 266 g/mol. The third-order valence-corrected chi connectivity index (χ3v) is 3.36. The summed E-state index contributed by atoms with van der Waals surface area (Å²) in [6.07, 6.45) is 2.02. The van der Waals surface area contributed by atoms with Gasteiger partial charge in [-0.25, -0.2) is 14.6 Å². The average molecular weight is 266 g/mol. The molecule has 2 aromatic heterocycles. The Hall–Kier alpha value is -2.23. The molecule has 1 aromatic carbocycles. The van der Waals surface area contributed by atoms with E-state index in [1.54, 1.807) is 0 Å². The highest BCUT2D eigenvalue weighted by Crippen LogP contribution is 2.19. The van der Waals surface area contributed by atoms with E-state index in [0.717, 1.165) is 40.8 Å². The minimum atomic E-state index is 0.665. The fraction of sp³-hybridized carbons (Fsp3) is 0.312. The Morgan fingerprint density at radius 3 is 2.60 bits per heavy atom. The highest BCUT2D eigenvalue weighted by Gasteiger charge is 2.11. The molecule has 0 amide bonds. The summed E-state index contributed by atoms with van der Waals surface area (Å²) in [7, 11) is 0. The van der Waals surface area contributed by atoms with Crippen molar-refractivity contribution in [3.05, 3.63) is 47.4 Å². The van der Waals surface area contributed by atoms with Crippen LogP contribution in [0.1, 0.15) is 30.4 Å². The van der Waals surface area contributed by atoms with E-state index in [2.05, 4.69) is 23.1 Å². The summed E-state index contributed by atoms with van der Waals surface area (Å²) in [6.45, 7) is 6.18. The second-order valence-corrected chi connectivity index (χ2v) is 5.08. The van der Waals surface area contributed by atoms with Gasteiger partial charge in [-0.1, -0.05) is 31.5 Å². The van der Waals surface area contributed by atoms with Crippen molar-refractivity contribution in [1.29, 1.82) is 0 Å². The van der Waals surface area contributed by atoms with Crippen molar-refractivity contribution < 1.29 is 0 Å². The van der Waals surface area contributed by atoms with Gasteiger partial charge in [0.25, 0.3) is 5.95 Å². The fourth-order valence-electron chi connectivity index (χ4n) is 2.48. The van der Waals surface area contributed by atoms with Crippen LogP contribution in [0.15, 0.2) is 30.3 Å². The molecule has 0 aliphatic carbocycles. The van der Waals surface area contributed by atoms with Gasteiger partial charge in [-0.3, -0.25) is 0 Å². The molecule has 0 saturated heterocycles. The number of aromatic nitrogens is 4. The molecule has 0 N–H and O–H groups in total. The molecule has 3 rings (SSSR count). The lowest BCUT2D eigenvalue weighted by molar-refractivity contribution is 0.764. The van der Waals surface area contributed by atoms with Gasteiger partial charge >= 0.3 is 0 Å². The molecule has 4 heteroatoms. The molecule has 0 fully saturated rings. The third-order valence-electron chi connectivity index (χ3n) is 3.36. The Kier molecular flexibility index (Phi) is 3.22. The molecule has 0 radical (unpaired) electrons. The van der Waals surface area contributed by atoms with Crippen LogP contribution in [0.5, 0.6) is 0 Å².